The smallest absolute Gasteiger partial charge is 0.270 e. The molecule has 17 heavy (non-hydrogen) atoms. The summed E-state index contributed by atoms with van der Waals surface area (Å²) in [6.45, 7) is 7.20. The van der Waals surface area contributed by atoms with E-state index in [1.54, 1.807) is 12.1 Å². The minimum Gasteiger partial charge on any atom is -0.314 e. The van der Waals surface area contributed by atoms with E-state index in [4.69, 9.17) is 0 Å². The van der Waals surface area contributed by atoms with Crippen LogP contribution in [-0.4, -0.2) is 17.5 Å². The van der Waals surface area contributed by atoms with Crippen molar-refractivity contribution in [3.63, 3.8) is 0 Å². The lowest BCUT2D eigenvalue weighted by molar-refractivity contribution is -0.384. The molecule has 0 radical (unpaired) electrons. The van der Waals surface area contributed by atoms with E-state index in [0.29, 0.717) is 12.0 Å². The van der Waals surface area contributed by atoms with E-state index >= 15 is 0 Å². The van der Waals surface area contributed by atoms with E-state index in [2.05, 4.69) is 42.0 Å². The zero-order chi connectivity index (χ0) is 13.0. The fourth-order valence-corrected chi connectivity index (χ4v) is 2.49. The molecular weight excluding hydrogens is 284 g/mol. The summed E-state index contributed by atoms with van der Waals surface area (Å²) in [5.41, 5.74) is 1.20. The van der Waals surface area contributed by atoms with Gasteiger partial charge in [0.05, 0.1) is 4.92 Å². The van der Waals surface area contributed by atoms with Crippen molar-refractivity contribution in [3.05, 3.63) is 38.3 Å². The van der Waals surface area contributed by atoms with Crippen molar-refractivity contribution in [1.29, 1.82) is 0 Å². The van der Waals surface area contributed by atoms with Crippen LogP contribution in [-0.2, 0) is 0 Å². The molecule has 1 rings (SSSR count). The maximum Gasteiger partial charge on any atom is 0.270 e. The fraction of sp³-hybridized carbons (Fsp3) is 0.500. The summed E-state index contributed by atoms with van der Waals surface area (Å²) < 4.78 is 0.795. The van der Waals surface area contributed by atoms with Crippen molar-refractivity contribution in [1.82, 2.24) is 5.32 Å². The second kappa shape index (κ2) is 6.12. The predicted molar refractivity (Wildman–Crippen MR) is 72.4 cm³/mol. The van der Waals surface area contributed by atoms with Crippen LogP contribution < -0.4 is 5.32 Å². The lowest BCUT2D eigenvalue weighted by Gasteiger charge is -2.22. The Kier molecular flexibility index (Phi) is 5.08. The third kappa shape index (κ3) is 3.51. The molecule has 0 aliphatic carbocycles. The molecule has 1 aromatic rings. The van der Waals surface area contributed by atoms with Crippen LogP contribution in [0.3, 0.4) is 0 Å². The molecule has 5 heteroatoms. The summed E-state index contributed by atoms with van der Waals surface area (Å²) in [6, 6.07) is 5.26. The van der Waals surface area contributed by atoms with Gasteiger partial charge in [-0.3, -0.25) is 10.1 Å². The second-order valence-corrected chi connectivity index (χ2v) is 4.95. The van der Waals surface area contributed by atoms with Gasteiger partial charge in [-0.2, -0.15) is 0 Å². The van der Waals surface area contributed by atoms with Gasteiger partial charge in [-0.05, 0) is 24.9 Å². The Bertz CT molecular complexity index is 409. The Morgan fingerprint density at radius 2 is 2.12 bits per heavy atom. The molecule has 94 valence electrons. The Morgan fingerprint density at radius 3 is 2.59 bits per heavy atom. The number of nitro benzene ring substituents is 1. The largest absolute Gasteiger partial charge is 0.314 e. The first-order valence-corrected chi connectivity index (χ1v) is 6.43. The highest BCUT2D eigenvalue weighted by Gasteiger charge is 2.18. The molecule has 1 N–H and O–H groups in total. The SMILES string of the molecule is CCNC(C)C(C)c1ccc([N+](=O)[O-])cc1Br. The van der Waals surface area contributed by atoms with Gasteiger partial charge in [-0.1, -0.05) is 35.8 Å². The van der Waals surface area contributed by atoms with Crippen molar-refractivity contribution >= 4 is 21.6 Å². The third-order valence-corrected chi connectivity index (χ3v) is 3.65. The number of non-ortho nitro benzene ring substituents is 1. The lowest BCUT2D eigenvalue weighted by atomic mass is 9.94. The monoisotopic (exact) mass is 300 g/mol. The molecule has 0 bridgehead atoms. The number of hydrogen-bond acceptors (Lipinski definition) is 3. The van der Waals surface area contributed by atoms with Crippen LogP contribution in [0.2, 0.25) is 0 Å². The Hall–Kier alpha value is -0.940. The first-order chi connectivity index (χ1) is 7.97. The highest BCUT2D eigenvalue weighted by atomic mass is 79.9. The zero-order valence-corrected chi connectivity index (χ0v) is 11.8. The first kappa shape index (κ1) is 14.1. The van der Waals surface area contributed by atoms with Gasteiger partial charge in [0.15, 0.2) is 0 Å². The van der Waals surface area contributed by atoms with Crippen LogP contribution in [0.1, 0.15) is 32.3 Å². The molecular formula is C12H17BrN2O2. The van der Waals surface area contributed by atoms with Crippen LogP contribution in [0.4, 0.5) is 5.69 Å². The number of rotatable bonds is 5. The highest BCUT2D eigenvalue weighted by Crippen LogP contribution is 2.30. The molecule has 0 amide bonds. The number of halogens is 1. The molecule has 2 atom stereocenters. The Morgan fingerprint density at radius 1 is 1.47 bits per heavy atom. The third-order valence-electron chi connectivity index (χ3n) is 2.96. The maximum absolute atomic E-state index is 10.6. The van der Waals surface area contributed by atoms with Gasteiger partial charge in [0, 0.05) is 22.6 Å². The number of nitrogens with zero attached hydrogens (tertiary/aromatic N) is 1. The quantitative estimate of drug-likeness (QED) is 0.669. The van der Waals surface area contributed by atoms with Gasteiger partial charge in [-0.25, -0.2) is 0 Å². The van der Waals surface area contributed by atoms with Crippen LogP contribution in [0.5, 0.6) is 0 Å². The van der Waals surface area contributed by atoms with Gasteiger partial charge >= 0.3 is 0 Å². The number of benzene rings is 1. The maximum atomic E-state index is 10.6. The van der Waals surface area contributed by atoms with Crippen molar-refractivity contribution in [3.8, 4) is 0 Å². The lowest BCUT2D eigenvalue weighted by Crippen LogP contribution is -2.30. The van der Waals surface area contributed by atoms with E-state index < -0.39 is 0 Å². The van der Waals surface area contributed by atoms with E-state index in [1.165, 1.54) is 0 Å². The average Bonchev–Trinajstić information content (AvgIpc) is 2.28. The Labute approximate surface area is 110 Å². The summed E-state index contributed by atoms with van der Waals surface area (Å²) in [7, 11) is 0. The van der Waals surface area contributed by atoms with Crippen molar-refractivity contribution in [2.75, 3.05) is 6.54 Å². The number of likely N-dealkylation sites (N-methyl/N-ethyl adjacent to an activating group) is 1. The van der Waals surface area contributed by atoms with Crippen molar-refractivity contribution in [2.45, 2.75) is 32.7 Å². The minimum atomic E-state index is -0.382. The van der Waals surface area contributed by atoms with E-state index in [1.807, 2.05) is 6.07 Å². The predicted octanol–water partition coefficient (Wildman–Crippen LogP) is 3.46. The highest BCUT2D eigenvalue weighted by molar-refractivity contribution is 9.10. The standard InChI is InChI=1S/C12H17BrN2O2/c1-4-14-9(3)8(2)11-6-5-10(15(16)17)7-12(11)13/h5-9,14H,4H2,1-3H3. The molecule has 4 nitrogen and oxygen atoms in total. The summed E-state index contributed by atoms with van der Waals surface area (Å²) in [5, 5.41) is 14.0. The molecule has 0 aliphatic rings. The molecule has 0 fully saturated rings. The van der Waals surface area contributed by atoms with E-state index in [-0.39, 0.29) is 10.6 Å². The first-order valence-electron chi connectivity index (χ1n) is 5.64. The summed E-state index contributed by atoms with van der Waals surface area (Å²) in [6.07, 6.45) is 0. The number of hydrogen-bond donors (Lipinski definition) is 1. The molecule has 0 aromatic heterocycles. The van der Waals surface area contributed by atoms with Gasteiger partial charge in [-0.15, -0.1) is 0 Å². The molecule has 0 saturated heterocycles. The zero-order valence-electron chi connectivity index (χ0n) is 10.2. The van der Waals surface area contributed by atoms with Gasteiger partial charge < -0.3 is 5.32 Å². The average molecular weight is 301 g/mol. The van der Waals surface area contributed by atoms with Crippen LogP contribution in [0.15, 0.2) is 22.7 Å². The van der Waals surface area contributed by atoms with Crippen molar-refractivity contribution in [2.24, 2.45) is 0 Å². The van der Waals surface area contributed by atoms with Crippen molar-refractivity contribution < 1.29 is 4.92 Å². The van der Waals surface area contributed by atoms with E-state index in [0.717, 1.165) is 16.6 Å². The molecule has 2 unspecified atom stereocenters. The number of nitro groups is 1. The summed E-state index contributed by atoms with van der Waals surface area (Å²) in [4.78, 5) is 10.3. The normalized spacial score (nSPS) is 14.4. The molecule has 0 aliphatic heterocycles. The van der Waals surface area contributed by atoms with Gasteiger partial charge in [0.1, 0.15) is 0 Å². The number of nitrogens with one attached hydrogen (secondary N) is 1. The topological polar surface area (TPSA) is 55.2 Å². The molecule has 0 heterocycles. The Balaban J connectivity index is 2.95. The second-order valence-electron chi connectivity index (χ2n) is 4.10. The van der Waals surface area contributed by atoms with Crippen LogP contribution in [0.25, 0.3) is 0 Å². The summed E-state index contributed by atoms with van der Waals surface area (Å²) >= 11 is 3.40. The molecule has 0 saturated carbocycles. The minimum absolute atomic E-state index is 0.115. The molecule has 0 spiro atoms. The van der Waals surface area contributed by atoms with Gasteiger partial charge in [0.25, 0.3) is 5.69 Å². The van der Waals surface area contributed by atoms with E-state index in [9.17, 15) is 10.1 Å². The van der Waals surface area contributed by atoms with Crippen LogP contribution >= 0.6 is 15.9 Å². The fourth-order valence-electron chi connectivity index (χ4n) is 1.77. The molecule has 1 aromatic carbocycles. The van der Waals surface area contributed by atoms with Gasteiger partial charge in [0.2, 0.25) is 0 Å². The summed E-state index contributed by atoms with van der Waals surface area (Å²) in [5.74, 6) is 0.296. The van der Waals surface area contributed by atoms with Crippen LogP contribution in [0, 0.1) is 10.1 Å².